The van der Waals surface area contributed by atoms with E-state index in [9.17, 15) is 9.18 Å². The van der Waals surface area contributed by atoms with Crippen molar-refractivity contribution >= 4 is 17.4 Å². The maximum absolute atomic E-state index is 13.9. The van der Waals surface area contributed by atoms with Gasteiger partial charge < -0.3 is 15.8 Å². The molecule has 0 saturated carbocycles. The molecular formula is C17H19FN4O2. The highest BCUT2D eigenvalue weighted by Gasteiger charge is 2.32. The Hall–Kier alpha value is -2.41. The number of carbonyl (C=O) groups excluding carboxylic acids is 1. The summed E-state index contributed by atoms with van der Waals surface area (Å²) in [6.45, 7) is 3.45. The Kier molecular flexibility index (Phi) is 3.53. The molecule has 0 aliphatic carbocycles. The van der Waals surface area contributed by atoms with Gasteiger partial charge in [0.05, 0.1) is 24.8 Å². The summed E-state index contributed by atoms with van der Waals surface area (Å²) in [6, 6.07) is 2.90. The first-order valence-corrected chi connectivity index (χ1v) is 8.08. The summed E-state index contributed by atoms with van der Waals surface area (Å²) in [5.41, 5.74) is 10.0. The summed E-state index contributed by atoms with van der Waals surface area (Å²) >= 11 is 0. The van der Waals surface area contributed by atoms with Gasteiger partial charge in [0.1, 0.15) is 11.6 Å². The summed E-state index contributed by atoms with van der Waals surface area (Å²) in [6.07, 6.45) is 1.23. The van der Waals surface area contributed by atoms with E-state index < -0.39 is 5.92 Å². The van der Waals surface area contributed by atoms with E-state index in [0.29, 0.717) is 44.0 Å². The number of nitrogen functional groups attached to an aromatic ring is 1. The summed E-state index contributed by atoms with van der Waals surface area (Å²) in [4.78, 5) is 13.1. The van der Waals surface area contributed by atoms with E-state index in [-0.39, 0.29) is 11.7 Å². The van der Waals surface area contributed by atoms with Crippen LogP contribution in [0.3, 0.4) is 0 Å². The molecule has 3 N–H and O–H groups in total. The van der Waals surface area contributed by atoms with Crippen molar-refractivity contribution in [1.82, 2.24) is 9.78 Å². The smallest absolute Gasteiger partial charge is 0.256 e. The minimum atomic E-state index is -0.458. The number of anilines is 2. The number of nitrogens with one attached hydrogen (secondary N) is 1. The summed E-state index contributed by atoms with van der Waals surface area (Å²) < 4.78 is 20.5. The monoisotopic (exact) mass is 330 g/mol. The number of carbonyl (C=O) groups is 1. The van der Waals surface area contributed by atoms with E-state index in [0.717, 1.165) is 22.5 Å². The van der Waals surface area contributed by atoms with Crippen LogP contribution in [0.4, 0.5) is 15.9 Å². The predicted molar refractivity (Wildman–Crippen MR) is 87.6 cm³/mol. The molecule has 4 rings (SSSR count). The molecule has 0 spiro atoms. The van der Waals surface area contributed by atoms with Crippen LogP contribution in [0.15, 0.2) is 12.1 Å². The number of halogens is 1. The predicted octanol–water partition coefficient (Wildman–Crippen LogP) is 2.23. The summed E-state index contributed by atoms with van der Waals surface area (Å²) in [5, 5.41) is 7.65. The normalized spacial score (nSPS) is 19.3. The Labute approximate surface area is 138 Å². The van der Waals surface area contributed by atoms with Gasteiger partial charge in [-0.2, -0.15) is 9.78 Å². The van der Waals surface area contributed by atoms with E-state index in [4.69, 9.17) is 10.5 Å². The SMILES string of the molecule is Cc1cc(F)cc2c1NCCC2C(=O)n1nc2c(c1N)COCC2. The van der Waals surface area contributed by atoms with Gasteiger partial charge in [0.2, 0.25) is 0 Å². The molecule has 3 heterocycles. The fourth-order valence-electron chi connectivity index (χ4n) is 3.57. The standard InChI is InChI=1S/C17H19FN4O2/c1-9-6-10(18)7-12-11(2-4-20-15(9)12)17(23)22-16(19)13-8-24-5-3-14(13)21-22/h6-7,11,20H,2-5,8,19H2,1H3. The number of nitrogens with two attached hydrogens (primary N) is 1. The zero-order chi connectivity index (χ0) is 16.8. The first kappa shape index (κ1) is 15.1. The van der Waals surface area contributed by atoms with Crippen LogP contribution in [0.2, 0.25) is 0 Å². The van der Waals surface area contributed by atoms with Gasteiger partial charge in [-0.1, -0.05) is 0 Å². The lowest BCUT2D eigenvalue weighted by Crippen LogP contribution is -2.29. The van der Waals surface area contributed by atoms with E-state index >= 15 is 0 Å². The van der Waals surface area contributed by atoms with Gasteiger partial charge in [0.15, 0.2) is 0 Å². The van der Waals surface area contributed by atoms with Gasteiger partial charge in [-0.15, -0.1) is 0 Å². The fourth-order valence-corrected chi connectivity index (χ4v) is 3.57. The molecule has 24 heavy (non-hydrogen) atoms. The molecule has 2 aliphatic heterocycles. The van der Waals surface area contributed by atoms with Crippen molar-refractivity contribution in [2.24, 2.45) is 0 Å². The minimum absolute atomic E-state index is 0.213. The van der Waals surface area contributed by atoms with Crippen molar-refractivity contribution in [3.05, 3.63) is 40.3 Å². The molecule has 0 amide bonds. The third-order valence-electron chi connectivity index (χ3n) is 4.78. The second-order valence-corrected chi connectivity index (χ2v) is 6.32. The number of ether oxygens (including phenoxy) is 1. The number of aryl methyl sites for hydroxylation is 1. The van der Waals surface area contributed by atoms with Gasteiger partial charge >= 0.3 is 0 Å². The number of hydrogen-bond acceptors (Lipinski definition) is 5. The Morgan fingerprint density at radius 3 is 3.12 bits per heavy atom. The van der Waals surface area contributed by atoms with Crippen LogP contribution in [0.1, 0.15) is 39.5 Å². The number of aromatic nitrogens is 2. The van der Waals surface area contributed by atoms with Crippen LogP contribution in [0.5, 0.6) is 0 Å². The quantitative estimate of drug-likeness (QED) is 0.838. The van der Waals surface area contributed by atoms with Crippen molar-refractivity contribution < 1.29 is 13.9 Å². The van der Waals surface area contributed by atoms with E-state index in [1.807, 2.05) is 6.92 Å². The second kappa shape index (κ2) is 5.59. The Bertz CT molecular complexity index is 830. The van der Waals surface area contributed by atoms with Crippen LogP contribution < -0.4 is 11.1 Å². The lowest BCUT2D eigenvalue weighted by molar-refractivity contribution is 0.0858. The minimum Gasteiger partial charge on any atom is -0.385 e. The summed E-state index contributed by atoms with van der Waals surface area (Å²) in [7, 11) is 0. The number of hydrogen-bond donors (Lipinski definition) is 2. The van der Waals surface area contributed by atoms with Crippen molar-refractivity contribution in [3.8, 4) is 0 Å². The first-order chi connectivity index (χ1) is 11.6. The molecule has 0 bridgehead atoms. The molecule has 1 atom stereocenters. The molecule has 1 unspecified atom stereocenters. The second-order valence-electron chi connectivity index (χ2n) is 6.32. The van der Waals surface area contributed by atoms with Gasteiger partial charge in [-0.3, -0.25) is 4.79 Å². The lowest BCUT2D eigenvalue weighted by Gasteiger charge is -2.27. The Morgan fingerprint density at radius 2 is 2.33 bits per heavy atom. The zero-order valence-corrected chi connectivity index (χ0v) is 13.4. The molecule has 0 saturated heterocycles. The number of nitrogens with zero attached hydrogens (tertiary/aromatic N) is 2. The lowest BCUT2D eigenvalue weighted by atomic mass is 9.88. The molecule has 2 aromatic rings. The van der Waals surface area contributed by atoms with E-state index in [1.54, 1.807) is 0 Å². The van der Waals surface area contributed by atoms with Gasteiger partial charge in [-0.05, 0) is 36.6 Å². The van der Waals surface area contributed by atoms with Crippen molar-refractivity contribution in [2.45, 2.75) is 32.3 Å². The van der Waals surface area contributed by atoms with Crippen LogP contribution in [-0.4, -0.2) is 28.8 Å². The van der Waals surface area contributed by atoms with Crippen LogP contribution in [-0.2, 0) is 17.8 Å². The fraction of sp³-hybridized carbons (Fsp3) is 0.412. The molecule has 1 aromatic heterocycles. The van der Waals surface area contributed by atoms with Gasteiger partial charge in [-0.25, -0.2) is 4.39 Å². The number of benzene rings is 1. The topological polar surface area (TPSA) is 82.2 Å². The maximum atomic E-state index is 13.9. The Morgan fingerprint density at radius 1 is 1.50 bits per heavy atom. The van der Waals surface area contributed by atoms with Crippen molar-refractivity contribution in [1.29, 1.82) is 0 Å². The first-order valence-electron chi connectivity index (χ1n) is 8.08. The molecule has 2 aliphatic rings. The van der Waals surface area contributed by atoms with Crippen molar-refractivity contribution in [3.63, 3.8) is 0 Å². The van der Waals surface area contributed by atoms with Gasteiger partial charge in [0, 0.05) is 24.2 Å². The molecule has 0 radical (unpaired) electrons. The average Bonchev–Trinajstić information content (AvgIpc) is 2.91. The van der Waals surface area contributed by atoms with Gasteiger partial charge in [0.25, 0.3) is 5.91 Å². The van der Waals surface area contributed by atoms with Crippen LogP contribution in [0, 0.1) is 12.7 Å². The van der Waals surface area contributed by atoms with Crippen molar-refractivity contribution in [2.75, 3.05) is 24.2 Å². The maximum Gasteiger partial charge on any atom is 0.256 e. The third-order valence-corrected chi connectivity index (χ3v) is 4.78. The number of rotatable bonds is 1. The Balaban J connectivity index is 1.76. The zero-order valence-electron chi connectivity index (χ0n) is 13.4. The average molecular weight is 330 g/mol. The van der Waals surface area contributed by atoms with Crippen LogP contribution in [0.25, 0.3) is 0 Å². The van der Waals surface area contributed by atoms with E-state index in [1.165, 1.54) is 16.8 Å². The molecule has 6 nitrogen and oxygen atoms in total. The van der Waals surface area contributed by atoms with Crippen LogP contribution >= 0.6 is 0 Å². The molecule has 126 valence electrons. The highest BCUT2D eigenvalue weighted by Crippen LogP contribution is 2.36. The summed E-state index contributed by atoms with van der Waals surface area (Å²) in [5.74, 6) is -0.674. The molecular weight excluding hydrogens is 311 g/mol. The third kappa shape index (κ3) is 2.27. The molecule has 1 aromatic carbocycles. The molecule has 7 heteroatoms. The largest absolute Gasteiger partial charge is 0.385 e. The molecule has 0 fully saturated rings. The highest BCUT2D eigenvalue weighted by atomic mass is 19.1. The number of fused-ring (bicyclic) bond motifs is 2. The highest BCUT2D eigenvalue weighted by molar-refractivity contribution is 5.90. The van der Waals surface area contributed by atoms with E-state index in [2.05, 4.69) is 10.4 Å².